The van der Waals surface area contributed by atoms with Gasteiger partial charge in [-0.15, -0.1) is 0 Å². The van der Waals surface area contributed by atoms with Gasteiger partial charge in [0.1, 0.15) is 0 Å². The Hall–Kier alpha value is -1.77. The second-order valence-corrected chi connectivity index (χ2v) is 6.55. The fraction of sp³-hybridized carbons (Fsp3) is 0.500. The van der Waals surface area contributed by atoms with Gasteiger partial charge in [-0.1, -0.05) is 18.2 Å². The SMILES string of the molecule is CC(=O)N1Cc2cccc3c4c(n(c23)C[C@@H]1C)CCCC4. The summed E-state index contributed by atoms with van der Waals surface area (Å²) in [6.45, 7) is 5.54. The van der Waals surface area contributed by atoms with E-state index in [-0.39, 0.29) is 11.9 Å². The highest BCUT2D eigenvalue weighted by Crippen LogP contribution is 2.36. The maximum Gasteiger partial charge on any atom is 0.220 e. The quantitative estimate of drug-likeness (QED) is 0.728. The molecular formula is C18H22N2O. The zero-order valence-corrected chi connectivity index (χ0v) is 12.9. The van der Waals surface area contributed by atoms with E-state index in [9.17, 15) is 4.79 Å². The molecule has 21 heavy (non-hydrogen) atoms. The standard InChI is InChI=1S/C18H22N2O/c1-12-10-20-17-9-4-3-7-15(17)16-8-5-6-14(18(16)20)11-19(12)13(2)21/h5-6,8,12H,3-4,7,9-11H2,1-2H3/t12-/m0/s1. The lowest BCUT2D eigenvalue weighted by atomic mass is 9.95. The van der Waals surface area contributed by atoms with E-state index in [0.717, 1.165) is 13.1 Å². The van der Waals surface area contributed by atoms with Gasteiger partial charge in [-0.2, -0.15) is 0 Å². The summed E-state index contributed by atoms with van der Waals surface area (Å²) in [7, 11) is 0. The van der Waals surface area contributed by atoms with Gasteiger partial charge in [-0.25, -0.2) is 0 Å². The minimum absolute atomic E-state index is 0.180. The van der Waals surface area contributed by atoms with Crippen molar-refractivity contribution in [2.24, 2.45) is 0 Å². The molecule has 4 rings (SSSR count). The monoisotopic (exact) mass is 282 g/mol. The molecule has 1 aromatic carbocycles. The predicted octanol–water partition coefficient (Wildman–Crippen LogP) is 3.27. The van der Waals surface area contributed by atoms with Crippen LogP contribution in [0, 0.1) is 0 Å². The van der Waals surface area contributed by atoms with Gasteiger partial charge in [-0.05, 0) is 43.7 Å². The average molecular weight is 282 g/mol. The number of carbonyl (C=O) groups is 1. The first-order chi connectivity index (χ1) is 10.2. The second kappa shape index (κ2) is 4.62. The van der Waals surface area contributed by atoms with E-state index in [1.54, 1.807) is 12.5 Å². The highest BCUT2D eigenvalue weighted by Gasteiger charge is 2.28. The average Bonchev–Trinajstić information content (AvgIpc) is 2.70. The Morgan fingerprint density at radius 1 is 1.24 bits per heavy atom. The molecule has 1 aliphatic heterocycles. The van der Waals surface area contributed by atoms with Gasteiger partial charge in [0.05, 0.1) is 5.52 Å². The van der Waals surface area contributed by atoms with Crippen LogP contribution in [-0.4, -0.2) is 21.4 Å². The molecular weight excluding hydrogens is 260 g/mol. The van der Waals surface area contributed by atoms with Crippen molar-refractivity contribution in [3.63, 3.8) is 0 Å². The molecule has 3 heteroatoms. The third-order valence-electron chi connectivity index (χ3n) is 5.20. The topological polar surface area (TPSA) is 25.2 Å². The molecule has 1 amide bonds. The minimum atomic E-state index is 0.180. The highest BCUT2D eigenvalue weighted by atomic mass is 16.2. The summed E-state index contributed by atoms with van der Waals surface area (Å²) in [6.07, 6.45) is 5.01. The molecule has 0 radical (unpaired) electrons. The minimum Gasteiger partial charge on any atom is -0.342 e. The zero-order chi connectivity index (χ0) is 14.6. The fourth-order valence-corrected chi connectivity index (χ4v) is 4.22. The number of fused-ring (bicyclic) bond motifs is 3. The molecule has 0 N–H and O–H groups in total. The molecule has 110 valence electrons. The summed E-state index contributed by atoms with van der Waals surface area (Å²) in [5.41, 5.74) is 5.80. The lowest BCUT2D eigenvalue weighted by molar-refractivity contribution is -0.131. The number of amides is 1. The predicted molar refractivity (Wildman–Crippen MR) is 84.3 cm³/mol. The zero-order valence-electron chi connectivity index (χ0n) is 12.9. The van der Waals surface area contributed by atoms with Crippen LogP contribution in [0.5, 0.6) is 0 Å². The lowest BCUT2D eigenvalue weighted by Gasteiger charge is -2.27. The van der Waals surface area contributed by atoms with Crippen LogP contribution in [0.1, 0.15) is 43.5 Å². The normalized spacial score (nSPS) is 21.2. The maximum absolute atomic E-state index is 12.0. The van der Waals surface area contributed by atoms with Gasteiger partial charge in [0.15, 0.2) is 0 Å². The molecule has 0 bridgehead atoms. The molecule has 0 spiro atoms. The van der Waals surface area contributed by atoms with Crippen molar-refractivity contribution in [1.82, 2.24) is 9.47 Å². The number of aryl methyl sites for hydroxylation is 1. The molecule has 0 saturated heterocycles. The van der Waals surface area contributed by atoms with Crippen LogP contribution in [-0.2, 0) is 30.7 Å². The van der Waals surface area contributed by atoms with Crippen LogP contribution >= 0.6 is 0 Å². The summed E-state index contributed by atoms with van der Waals surface area (Å²) in [6, 6.07) is 6.88. The first-order valence-electron chi connectivity index (χ1n) is 8.06. The third kappa shape index (κ3) is 1.83. The van der Waals surface area contributed by atoms with Gasteiger partial charge in [0, 0.05) is 37.1 Å². The highest BCUT2D eigenvalue weighted by molar-refractivity contribution is 5.89. The number of rotatable bonds is 0. The first-order valence-corrected chi connectivity index (χ1v) is 8.06. The van der Waals surface area contributed by atoms with E-state index in [2.05, 4.69) is 29.7 Å². The number of aromatic nitrogens is 1. The van der Waals surface area contributed by atoms with Crippen molar-refractivity contribution in [2.45, 2.75) is 58.7 Å². The third-order valence-corrected chi connectivity index (χ3v) is 5.20. The first kappa shape index (κ1) is 12.9. The van der Waals surface area contributed by atoms with Crippen molar-refractivity contribution in [3.05, 3.63) is 35.0 Å². The molecule has 0 saturated carbocycles. The largest absolute Gasteiger partial charge is 0.342 e. The van der Waals surface area contributed by atoms with Gasteiger partial charge in [0.2, 0.25) is 5.91 Å². The van der Waals surface area contributed by atoms with Crippen LogP contribution in [0.25, 0.3) is 10.9 Å². The Morgan fingerprint density at radius 3 is 2.86 bits per heavy atom. The smallest absolute Gasteiger partial charge is 0.220 e. The molecule has 2 aliphatic rings. The van der Waals surface area contributed by atoms with Crippen molar-refractivity contribution in [3.8, 4) is 0 Å². The summed E-state index contributed by atoms with van der Waals surface area (Å²) < 4.78 is 2.52. The van der Waals surface area contributed by atoms with Crippen LogP contribution in [0.4, 0.5) is 0 Å². The summed E-state index contributed by atoms with van der Waals surface area (Å²) in [4.78, 5) is 14.0. The van der Waals surface area contributed by atoms with E-state index >= 15 is 0 Å². The van der Waals surface area contributed by atoms with Crippen LogP contribution < -0.4 is 0 Å². The number of nitrogens with zero attached hydrogens (tertiary/aromatic N) is 2. The Bertz CT molecular complexity index is 728. The molecule has 0 unspecified atom stereocenters. The Morgan fingerprint density at radius 2 is 2.05 bits per heavy atom. The van der Waals surface area contributed by atoms with Crippen LogP contribution in [0.3, 0.4) is 0 Å². The van der Waals surface area contributed by atoms with Gasteiger partial charge >= 0.3 is 0 Å². The van der Waals surface area contributed by atoms with Crippen LogP contribution in [0.15, 0.2) is 18.2 Å². The number of carbonyl (C=O) groups excluding carboxylic acids is 1. The van der Waals surface area contributed by atoms with Crippen molar-refractivity contribution in [1.29, 1.82) is 0 Å². The summed E-state index contributed by atoms with van der Waals surface area (Å²) >= 11 is 0. The second-order valence-electron chi connectivity index (χ2n) is 6.55. The number of hydrogen-bond acceptors (Lipinski definition) is 1. The van der Waals surface area contributed by atoms with E-state index < -0.39 is 0 Å². The number of benzene rings is 1. The molecule has 1 atom stereocenters. The summed E-state index contributed by atoms with van der Waals surface area (Å²) in [5.74, 6) is 0.180. The van der Waals surface area contributed by atoms with Crippen molar-refractivity contribution < 1.29 is 4.79 Å². The molecule has 2 heterocycles. The van der Waals surface area contributed by atoms with Crippen LogP contribution in [0.2, 0.25) is 0 Å². The molecule has 2 aromatic rings. The van der Waals surface area contributed by atoms with Gasteiger partial charge < -0.3 is 9.47 Å². The molecule has 3 nitrogen and oxygen atoms in total. The van der Waals surface area contributed by atoms with Gasteiger partial charge in [0.25, 0.3) is 0 Å². The van der Waals surface area contributed by atoms with Crippen molar-refractivity contribution >= 4 is 16.8 Å². The maximum atomic E-state index is 12.0. The van der Waals surface area contributed by atoms with E-state index in [1.165, 1.54) is 47.8 Å². The fourth-order valence-electron chi connectivity index (χ4n) is 4.22. The Labute approximate surface area is 125 Å². The van der Waals surface area contributed by atoms with E-state index in [1.807, 2.05) is 4.90 Å². The van der Waals surface area contributed by atoms with Crippen molar-refractivity contribution in [2.75, 3.05) is 0 Å². The molecule has 0 fully saturated rings. The Balaban J connectivity index is 1.98. The summed E-state index contributed by atoms with van der Waals surface area (Å²) in [5, 5.41) is 1.43. The molecule has 1 aromatic heterocycles. The Kier molecular flexibility index (Phi) is 2.84. The van der Waals surface area contributed by atoms with E-state index in [0.29, 0.717) is 0 Å². The van der Waals surface area contributed by atoms with E-state index in [4.69, 9.17) is 0 Å². The lowest BCUT2D eigenvalue weighted by Crippen LogP contribution is -2.37. The number of para-hydroxylation sites is 1. The number of hydrogen-bond donors (Lipinski definition) is 0. The molecule has 1 aliphatic carbocycles. The van der Waals surface area contributed by atoms with Gasteiger partial charge in [-0.3, -0.25) is 4.79 Å².